The maximum atomic E-state index is 11.9. The lowest BCUT2D eigenvalue weighted by atomic mass is 9.93. The number of pyridine rings is 1. The van der Waals surface area contributed by atoms with E-state index in [9.17, 15) is 14.7 Å². The Balaban J connectivity index is 2.84. The first-order valence-corrected chi connectivity index (χ1v) is 5.69. The average Bonchev–Trinajstić information content (AvgIpc) is 2.37. The topological polar surface area (TPSA) is 82.2 Å². The van der Waals surface area contributed by atoms with E-state index in [0.29, 0.717) is 18.4 Å². The van der Waals surface area contributed by atoms with Crippen LogP contribution in [0.25, 0.3) is 0 Å². The second kappa shape index (κ2) is 5.63. The van der Waals surface area contributed by atoms with Crippen molar-refractivity contribution in [2.75, 3.05) is 6.61 Å². The number of aliphatic hydroxyl groups is 1. The van der Waals surface area contributed by atoms with Gasteiger partial charge in [-0.1, -0.05) is 13.8 Å². The van der Waals surface area contributed by atoms with E-state index < -0.39 is 5.54 Å². The Morgan fingerprint density at radius 1 is 1.41 bits per heavy atom. The monoisotopic (exact) mass is 238 g/mol. The lowest BCUT2D eigenvalue weighted by Crippen LogP contribution is -2.50. The zero-order chi connectivity index (χ0) is 12.9. The summed E-state index contributed by atoms with van der Waals surface area (Å²) in [7, 11) is 0. The maximum Gasteiger partial charge on any atom is 0.253 e. The van der Waals surface area contributed by atoms with Gasteiger partial charge < -0.3 is 15.4 Å². The molecule has 1 rings (SSSR count). The molecule has 0 spiro atoms. The Labute approximate surface area is 99.9 Å². The van der Waals surface area contributed by atoms with Crippen LogP contribution in [0.2, 0.25) is 0 Å². The molecule has 0 unspecified atom stereocenters. The molecule has 0 saturated carbocycles. The van der Waals surface area contributed by atoms with Gasteiger partial charge in [-0.05, 0) is 18.9 Å². The van der Waals surface area contributed by atoms with Crippen molar-refractivity contribution in [3.8, 4) is 0 Å². The molecule has 0 fully saturated rings. The number of rotatable bonds is 5. The lowest BCUT2D eigenvalue weighted by Gasteiger charge is -2.30. The number of H-pyrrole nitrogens is 1. The van der Waals surface area contributed by atoms with Gasteiger partial charge in [0.25, 0.3) is 5.91 Å². The number of aromatic amines is 1. The second-order valence-corrected chi connectivity index (χ2v) is 4.04. The highest BCUT2D eigenvalue weighted by molar-refractivity contribution is 5.94. The van der Waals surface area contributed by atoms with Crippen molar-refractivity contribution in [1.82, 2.24) is 10.3 Å². The van der Waals surface area contributed by atoms with E-state index in [-0.39, 0.29) is 18.1 Å². The van der Waals surface area contributed by atoms with Gasteiger partial charge in [0.1, 0.15) is 0 Å². The highest BCUT2D eigenvalue weighted by Gasteiger charge is 2.27. The number of aliphatic hydroxyl groups excluding tert-OH is 1. The molecule has 1 aromatic rings. The van der Waals surface area contributed by atoms with Crippen molar-refractivity contribution in [2.24, 2.45) is 0 Å². The molecule has 0 aliphatic rings. The van der Waals surface area contributed by atoms with Crippen LogP contribution in [0.4, 0.5) is 0 Å². The Hall–Kier alpha value is -1.62. The zero-order valence-electron chi connectivity index (χ0n) is 10.1. The van der Waals surface area contributed by atoms with Gasteiger partial charge in [-0.2, -0.15) is 0 Å². The largest absolute Gasteiger partial charge is 0.394 e. The van der Waals surface area contributed by atoms with E-state index >= 15 is 0 Å². The van der Waals surface area contributed by atoms with Crippen molar-refractivity contribution < 1.29 is 9.90 Å². The van der Waals surface area contributed by atoms with Crippen LogP contribution in [0.5, 0.6) is 0 Å². The highest BCUT2D eigenvalue weighted by atomic mass is 16.3. The standard InChI is InChI=1S/C12H18N2O3/c1-3-12(4-2,8-15)14-11(17)9-5-6-10(16)13-7-9/h5-7,15H,3-4,8H2,1-2H3,(H,13,16)(H,14,17). The summed E-state index contributed by atoms with van der Waals surface area (Å²) >= 11 is 0. The summed E-state index contributed by atoms with van der Waals surface area (Å²) in [6.45, 7) is 3.72. The molecule has 5 heteroatoms. The third-order valence-corrected chi connectivity index (χ3v) is 3.08. The van der Waals surface area contributed by atoms with Gasteiger partial charge in [0.15, 0.2) is 0 Å². The summed E-state index contributed by atoms with van der Waals surface area (Å²) in [5.74, 6) is -0.293. The van der Waals surface area contributed by atoms with Gasteiger partial charge in [-0.25, -0.2) is 0 Å². The Kier molecular flexibility index (Phi) is 4.45. The summed E-state index contributed by atoms with van der Waals surface area (Å²) < 4.78 is 0. The molecule has 17 heavy (non-hydrogen) atoms. The normalized spacial score (nSPS) is 11.2. The number of hydrogen-bond acceptors (Lipinski definition) is 3. The van der Waals surface area contributed by atoms with E-state index in [1.165, 1.54) is 18.3 Å². The second-order valence-electron chi connectivity index (χ2n) is 4.04. The molecule has 0 aliphatic heterocycles. The average molecular weight is 238 g/mol. The van der Waals surface area contributed by atoms with Gasteiger partial charge >= 0.3 is 0 Å². The first-order chi connectivity index (χ1) is 8.06. The Bertz CT molecular complexity index is 407. The van der Waals surface area contributed by atoms with Gasteiger partial charge in [0.2, 0.25) is 5.56 Å². The summed E-state index contributed by atoms with van der Waals surface area (Å²) in [6, 6.07) is 2.76. The minimum atomic E-state index is -0.590. The van der Waals surface area contributed by atoms with Crippen LogP contribution < -0.4 is 10.9 Å². The molecule has 94 valence electrons. The van der Waals surface area contributed by atoms with Crippen molar-refractivity contribution in [3.63, 3.8) is 0 Å². The summed E-state index contributed by atoms with van der Waals surface area (Å²) in [5, 5.41) is 12.1. The zero-order valence-corrected chi connectivity index (χ0v) is 10.1. The van der Waals surface area contributed by atoms with Crippen LogP contribution in [0.1, 0.15) is 37.0 Å². The summed E-state index contributed by atoms with van der Waals surface area (Å²) in [6.07, 6.45) is 2.66. The minimum absolute atomic E-state index is 0.102. The third-order valence-electron chi connectivity index (χ3n) is 3.08. The molecule has 0 radical (unpaired) electrons. The number of nitrogens with one attached hydrogen (secondary N) is 2. The van der Waals surface area contributed by atoms with Crippen molar-refractivity contribution >= 4 is 5.91 Å². The van der Waals surface area contributed by atoms with Crippen LogP contribution >= 0.6 is 0 Å². The molecule has 0 atom stereocenters. The van der Waals surface area contributed by atoms with Gasteiger partial charge in [-0.15, -0.1) is 0 Å². The van der Waals surface area contributed by atoms with Gasteiger partial charge in [-0.3, -0.25) is 9.59 Å². The number of carbonyl (C=O) groups is 1. The maximum absolute atomic E-state index is 11.9. The number of aromatic nitrogens is 1. The van der Waals surface area contributed by atoms with Crippen LogP contribution in [-0.2, 0) is 0 Å². The highest BCUT2D eigenvalue weighted by Crippen LogP contribution is 2.14. The van der Waals surface area contributed by atoms with Crippen molar-refractivity contribution in [3.05, 3.63) is 34.2 Å². The molecule has 1 amide bonds. The summed E-state index contributed by atoms with van der Waals surface area (Å²) in [5.41, 5.74) is -0.460. The quantitative estimate of drug-likeness (QED) is 0.704. The smallest absolute Gasteiger partial charge is 0.253 e. The van der Waals surface area contributed by atoms with Crippen LogP contribution in [-0.4, -0.2) is 28.1 Å². The van der Waals surface area contributed by atoms with Crippen LogP contribution in [0.3, 0.4) is 0 Å². The predicted molar refractivity (Wildman–Crippen MR) is 64.9 cm³/mol. The van der Waals surface area contributed by atoms with E-state index in [1.807, 2.05) is 13.8 Å². The molecule has 0 aromatic carbocycles. The number of hydrogen-bond donors (Lipinski definition) is 3. The Morgan fingerprint density at radius 2 is 2.06 bits per heavy atom. The summed E-state index contributed by atoms with van der Waals surface area (Å²) in [4.78, 5) is 25.2. The fourth-order valence-electron chi connectivity index (χ4n) is 1.55. The molecular weight excluding hydrogens is 220 g/mol. The molecule has 5 nitrogen and oxygen atoms in total. The Morgan fingerprint density at radius 3 is 2.47 bits per heavy atom. The molecule has 3 N–H and O–H groups in total. The molecule has 0 saturated heterocycles. The number of amides is 1. The van der Waals surface area contributed by atoms with Gasteiger partial charge in [0.05, 0.1) is 17.7 Å². The fraction of sp³-hybridized carbons (Fsp3) is 0.500. The lowest BCUT2D eigenvalue weighted by molar-refractivity contribution is 0.0817. The van der Waals surface area contributed by atoms with E-state index in [0.717, 1.165) is 0 Å². The van der Waals surface area contributed by atoms with Crippen LogP contribution in [0.15, 0.2) is 23.1 Å². The third kappa shape index (κ3) is 3.17. The van der Waals surface area contributed by atoms with E-state index in [4.69, 9.17) is 0 Å². The minimum Gasteiger partial charge on any atom is -0.394 e. The van der Waals surface area contributed by atoms with Gasteiger partial charge in [0, 0.05) is 12.3 Å². The van der Waals surface area contributed by atoms with E-state index in [2.05, 4.69) is 10.3 Å². The van der Waals surface area contributed by atoms with Crippen LogP contribution in [0, 0.1) is 0 Å². The van der Waals surface area contributed by atoms with Crippen molar-refractivity contribution in [1.29, 1.82) is 0 Å². The molecule has 0 bridgehead atoms. The SMILES string of the molecule is CCC(CC)(CO)NC(=O)c1ccc(=O)[nH]c1. The van der Waals surface area contributed by atoms with E-state index in [1.54, 1.807) is 0 Å². The first kappa shape index (κ1) is 13.4. The fourth-order valence-corrected chi connectivity index (χ4v) is 1.55. The predicted octanol–water partition coefficient (Wildman–Crippen LogP) is 0.656. The first-order valence-electron chi connectivity index (χ1n) is 5.69. The molecule has 1 heterocycles. The molecule has 0 aliphatic carbocycles. The molecular formula is C12H18N2O3. The molecule has 1 aromatic heterocycles. The van der Waals surface area contributed by atoms with Crippen molar-refractivity contribution in [2.45, 2.75) is 32.2 Å². The number of carbonyl (C=O) groups excluding carboxylic acids is 1.